The van der Waals surface area contributed by atoms with Gasteiger partial charge in [0.05, 0.1) is 33.3 Å². The molecule has 2 aromatic heterocycles. The van der Waals surface area contributed by atoms with E-state index in [2.05, 4.69) is 37.1 Å². The Morgan fingerprint density at radius 1 is 0.877 bits per heavy atom. The number of amides is 1. The fourth-order valence-electron chi connectivity index (χ4n) is 7.94. The van der Waals surface area contributed by atoms with E-state index in [0.717, 1.165) is 42.6 Å². The highest BCUT2D eigenvalue weighted by atomic mass is 32.7. The molecule has 0 saturated carbocycles. The molecule has 2 aliphatic heterocycles. The smallest absolute Gasteiger partial charge is 0.280 e. The Kier molecular flexibility index (Phi) is 15.4. The fraction of sp³-hybridized carbons (Fsp3) is 0.354. The van der Waals surface area contributed by atoms with Gasteiger partial charge in [-0.25, -0.2) is 4.98 Å². The molecule has 8 rings (SSSR count). The van der Waals surface area contributed by atoms with Gasteiger partial charge in [-0.3, -0.25) is 33.9 Å². The predicted octanol–water partition coefficient (Wildman–Crippen LogP) is 9.04. The van der Waals surface area contributed by atoms with Gasteiger partial charge in [-0.1, -0.05) is 122 Å². The van der Waals surface area contributed by atoms with Crippen LogP contribution in [0.1, 0.15) is 66.4 Å². The molecule has 0 spiro atoms. The second-order valence-electron chi connectivity index (χ2n) is 15.9. The van der Waals surface area contributed by atoms with Gasteiger partial charge < -0.3 is 23.5 Å². The van der Waals surface area contributed by atoms with E-state index in [1.54, 1.807) is 50.3 Å². The van der Waals surface area contributed by atoms with Crippen molar-refractivity contribution in [1.82, 2.24) is 24.2 Å². The van der Waals surface area contributed by atoms with Gasteiger partial charge in [-0.15, -0.1) is 0 Å². The van der Waals surface area contributed by atoms with Crippen LogP contribution in [0.3, 0.4) is 0 Å². The van der Waals surface area contributed by atoms with Crippen molar-refractivity contribution >= 4 is 58.8 Å². The summed E-state index contributed by atoms with van der Waals surface area (Å²) in [5.41, 5.74) is 2.12. The molecule has 6 aromatic rings. The molecule has 1 unspecified atom stereocenters. The summed E-state index contributed by atoms with van der Waals surface area (Å²) in [6.45, 7) is 5.43. The molecule has 4 aromatic carbocycles. The fourth-order valence-corrected chi connectivity index (χ4v) is 13.3. The highest BCUT2D eigenvalue weighted by Gasteiger charge is 2.45. The second-order valence-corrected chi connectivity index (χ2v) is 20.6. The van der Waals surface area contributed by atoms with Crippen molar-refractivity contribution in [2.75, 3.05) is 50.7 Å². The Balaban J connectivity index is 1.14. The van der Waals surface area contributed by atoms with Crippen molar-refractivity contribution in [3.8, 4) is 11.5 Å². The van der Waals surface area contributed by atoms with Gasteiger partial charge in [-0.2, -0.15) is 4.98 Å². The number of fused-ring (bicyclic) bond motifs is 1. The quantitative estimate of drug-likeness (QED) is 0.0451. The molecule has 2 fully saturated rings. The van der Waals surface area contributed by atoms with Crippen molar-refractivity contribution in [2.45, 2.75) is 57.1 Å². The highest BCUT2D eigenvalue weighted by molar-refractivity contribution is 8.53. The van der Waals surface area contributed by atoms with Crippen LogP contribution in [-0.4, -0.2) is 92.8 Å². The summed E-state index contributed by atoms with van der Waals surface area (Å²) >= 11 is 3.06. The van der Waals surface area contributed by atoms with Crippen molar-refractivity contribution in [3.63, 3.8) is 0 Å². The largest absolute Gasteiger partial charge is 0.497 e. The van der Waals surface area contributed by atoms with E-state index in [0.29, 0.717) is 35.0 Å². The number of methoxy groups -OCH3 is 2. The average molecular weight is 937 g/mol. The van der Waals surface area contributed by atoms with Crippen LogP contribution in [0, 0.1) is 5.92 Å². The maximum atomic E-state index is 13.3. The Morgan fingerprint density at radius 3 is 2.11 bits per heavy atom. The summed E-state index contributed by atoms with van der Waals surface area (Å²) < 4.78 is 36.9. The maximum Gasteiger partial charge on any atom is 0.280 e. The van der Waals surface area contributed by atoms with E-state index >= 15 is 0 Å². The Morgan fingerprint density at radius 2 is 1.49 bits per heavy atom. The summed E-state index contributed by atoms with van der Waals surface area (Å²) in [6.07, 6.45) is 2.34. The summed E-state index contributed by atoms with van der Waals surface area (Å²) in [7, 11) is 2.10. The lowest BCUT2D eigenvalue weighted by Crippen LogP contribution is -2.38. The van der Waals surface area contributed by atoms with Crippen molar-refractivity contribution < 1.29 is 33.1 Å². The molecule has 340 valence electrons. The summed E-state index contributed by atoms with van der Waals surface area (Å²) in [5.74, 6) is 2.17. The molecule has 65 heavy (non-hydrogen) atoms. The van der Waals surface area contributed by atoms with Crippen LogP contribution in [0.2, 0.25) is 0 Å². The lowest BCUT2D eigenvalue weighted by atomic mass is 9.80. The summed E-state index contributed by atoms with van der Waals surface area (Å²) in [4.78, 5) is 50.7. The van der Waals surface area contributed by atoms with E-state index < -0.39 is 37.1 Å². The number of imidazole rings is 1. The molecule has 2 saturated heterocycles. The number of aromatic nitrogens is 4. The first-order valence-corrected chi connectivity index (χ1v) is 25.4. The highest BCUT2D eigenvalue weighted by Crippen LogP contribution is 2.58. The van der Waals surface area contributed by atoms with Crippen LogP contribution < -0.4 is 20.3 Å². The molecular formula is C48H53N6O8PS2. The number of aromatic amines is 1. The third kappa shape index (κ3) is 10.7. The normalized spacial score (nSPS) is 18.3. The zero-order valence-electron chi connectivity index (χ0n) is 36.8. The number of nitrogens with zero attached hydrogens (tertiary/aromatic N) is 4. The number of hydrogen-bond acceptors (Lipinski definition) is 13. The molecule has 14 nitrogen and oxygen atoms in total. The van der Waals surface area contributed by atoms with Crippen molar-refractivity contribution in [2.24, 2.45) is 5.92 Å². The monoisotopic (exact) mass is 936 g/mol. The van der Waals surface area contributed by atoms with Gasteiger partial charge in [0.15, 0.2) is 18.7 Å². The average Bonchev–Trinajstić information content (AvgIpc) is 4.12. The first kappa shape index (κ1) is 46.5. The molecule has 1 amide bonds. The molecule has 0 aliphatic carbocycles. The molecule has 17 heteroatoms. The van der Waals surface area contributed by atoms with E-state index in [9.17, 15) is 14.4 Å². The van der Waals surface area contributed by atoms with Gasteiger partial charge in [0.1, 0.15) is 29.4 Å². The van der Waals surface area contributed by atoms with Gasteiger partial charge in [0, 0.05) is 42.5 Å². The molecule has 0 bridgehead atoms. The minimum Gasteiger partial charge on any atom is -0.497 e. The Hall–Kier alpha value is -5.06. The second kappa shape index (κ2) is 21.5. The number of ether oxygens (including phenoxy) is 4. The van der Waals surface area contributed by atoms with Crippen LogP contribution in [-0.2, 0) is 24.4 Å². The van der Waals surface area contributed by atoms with E-state index in [4.69, 9.17) is 23.5 Å². The van der Waals surface area contributed by atoms with E-state index in [1.807, 2.05) is 97.1 Å². The predicted molar refractivity (Wildman–Crippen MR) is 257 cm³/mol. The minimum absolute atomic E-state index is 0.0258. The summed E-state index contributed by atoms with van der Waals surface area (Å²) in [6, 6.07) is 35.2. The molecule has 2 N–H and O–H groups in total. The molecule has 4 heterocycles. The Bertz CT molecular complexity index is 2530. The standard InChI is InChI=1S/C48H53N6O8PS2/c1-32(2)44(55)51-47-50-43-42(45(56)52-47)49-31-54(43)41-29-39(62-63(53-25-11-12-26-53)65-28-27-64-46(57)33-13-7-5-8-14-33)40(61-41)30-60-48(34-15-9-6-10-16-34,35-17-21-37(58-3)22-18-35)36-19-23-38(59-4)24-20-36/h5-10,13-24,31-32,39-41H,11-12,25-30H2,1-4H3,(H2,50,51,52,55,56)/t39-,40+,41+,63?/m0/s1. The van der Waals surface area contributed by atoms with Crippen LogP contribution >= 0.6 is 30.6 Å². The van der Waals surface area contributed by atoms with Gasteiger partial charge >= 0.3 is 0 Å². The van der Waals surface area contributed by atoms with E-state index in [1.165, 1.54) is 11.8 Å². The number of carbonyl (C=O) groups excluding carboxylic acids is 2. The van der Waals surface area contributed by atoms with Crippen LogP contribution in [0.15, 0.2) is 120 Å². The lowest BCUT2D eigenvalue weighted by molar-refractivity contribution is -0.118. The first-order valence-electron chi connectivity index (χ1n) is 21.7. The van der Waals surface area contributed by atoms with Crippen molar-refractivity contribution in [1.29, 1.82) is 0 Å². The third-order valence-electron chi connectivity index (χ3n) is 11.4. The van der Waals surface area contributed by atoms with Gasteiger partial charge in [-0.05, 0) is 53.8 Å². The number of anilines is 1. The minimum atomic E-state index is -1.18. The zero-order chi connectivity index (χ0) is 45.3. The van der Waals surface area contributed by atoms with Crippen LogP contribution in [0.25, 0.3) is 11.2 Å². The molecule has 0 radical (unpaired) electrons. The zero-order valence-corrected chi connectivity index (χ0v) is 39.3. The number of rotatable bonds is 19. The first-order chi connectivity index (χ1) is 31.7. The number of thioether (sulfide) groups is 1. The number of hydrogen-bond donors (Lipinski definition) is 2. The van der Waals surface area contributed by atoms with Gasteiger partial charge in [0.25, 0.3) is 5.56 Å². The number of benzene rings is 4. The Labute approximate surface area is 387 Å². The van der Waals surface area contributed by atoms with Gasteiger partial charge in [0.2, 0.25) is 17.0 Å². The topological polar surface area (TPSA) is 159 Å². The van der Waals surface area contributed by atoms with Crippen molar-refractivity contribution in [3.05, 3.63) is 148 Å². The molecular weight excluding hydrogens is 884 g/mol. The SMILES string of the molecule is COc1ccc(C(OC[C@H]2O[C@@H](n3cnc4c(=O)[nH]c(NC(=O)C(C)C)nc43)C[C@@H]2OP(SCCSC(=O)c2ccccc2)N2CCCC2)(c2ccccc2)c2ccc(OC)cc2)cc1. The number of carbonyl (C=O) groups is 2. The maximum absolute atomic E-state index is 13.3. The molecule has 2 aliphatic rings. The lowest BCUT2D eigenvalue weighted by Gasteiger charge is -2.37. The number of nitrogens with one attached hydrogen (secondary N) is 2. The number of H-pyrrole nitrogens is 1. The third-order valence-corrected chi connectivity index (χ3v) is 16.6. The van der Waals surface area contributed by atoms with Crippen LogP contribution in [0.5, 0.6) is 11.5 Å². The van der Waals surface area contributed by atoms with Crippen LogP contribution in [0.4, 0.5) is 5.95 Å². The van der Waals surface area contributed by atoms with E-state index in [-0.39, 0.29) is 40.7 Å². The molecule has 4 atom stereocenters. The summed E-state index contributed by atoms with van der Waals surface area (Å²) in [5, 5.41) is 2.76.